The largest absolute Gasteiger partial charge is 0.462 e. The van der Waals surface area contributed by atoms with Crippen molar-refractivity contribution in [1.82, 2.24) is 0 Å². The van der Waals surface area contributed by atoms with Crippen molar-refractivity contribution >= 4 is 12.9 Å². The van der Waals surface area contributed by atoms with Crippen molar-refractivity contribution < 1.29 is 14.1 Å². The van der Waals surface area contributed by atoms with Crippen LogP contribution in [0.25, 0.3) is 0 Å². The number of hydrogen-bond acceptors (Lipinski definition) is 3. The fourth-order valence-corrected chi connectivity index (χ4v) is 2.75. The van der Waals surface area contributed by atoms with Gasteiger partial charge < -0.3 is 9.31 Å². The van der Waals surface area contributed by atoms with Crippen LogP contribution >= 0.6 is 0 Å². The lowest BCUT2D eigenvalue weighted by atomic mass is 9.60. The van der Waals surface area contributed by atoms with Crippen LogP contribution in [0, 0.1) is 5.41 Å². The van der Waals surface area contributed by atoms with Gasteiger partial charge in [-0.15, -0.1) is 0 Å². The van der Waals surface area contributed by atoms with Crippen molar-refractivity contribution in [3.8, 4) is 0 Å². The maximum absolute atomic E-state index is 11.6. The first-order valence-corrected chi connectivity index (χ1v) is 6.42. The second-order valence-electron chi connectivity index (χ2n) is 7.14. The summed E-state index contributed by atoms with van der Waals surface area (Å²) >= 11 is 0. The van der Waals surface area contributed by atoms with E-state index in [1.54, 1.807) is 0 Å². The Bertz CT molecular complexity index is 331. The highest BCUT2D eigenvalue weighted by Crippen LogP contribution is 2.51. The van der Waals surface area contributed by atoms with Crippen LogP contribution in [0.15, 0.2) is 0 Å². The summed E-state index contributed by atoms with van der Waals surface area (Å²) in [7, 11) is -0.249. The number of rotatable bonds is 1. The normalized spacial score (nSPS) is 34.4. The van der Waals surface area contributed by atoms with Gasteiger partial charge in [0.1, 0.15) is 5.78 Å². The minimum atomic E-state index is -0.306. The van der Waals surface area contributed by atoms with E-state index < -0.39 is 0 Å². The van der Waals surface area contributed by atoms with Crippen molar-refractivity contribution in [2.75, 3.05) is 0 Å². The number of carbonyl (C=O) groups is 1. The zero-order valence-corrected chi connectivity index (χ0v) is 11.8. The molecule has 0 spiro atoms. The molecule has 0 unspecified atom stereocenters. The van der Waals surface area contributed by atoms with Crippen molar-refractivity contribution in [2.45, 2.75) is 71.4 Å². The molecule has 1 heterocycles. The molecule has 1 atom stereocenters. The van der Waals surface area contributed by atoms with E-state index in [0.717, 1.165) is 0 Å². The molecule has 0 bridgehead atoms. The molecule has 0 aromatic carbocycles. The third-order valence-corrected chi connectivity index (χ3v) is 4.70. The molecule has 1 saturated carbocycles. The topological polar surface area (TPSA) is 35.5 Å². The van der Waals surface area contributed by atoms with Crippen molar-refractivity contribution in [3.05, 3.63) is 0 Å². The standard InChI is InChI=1S/C13H23BO3/c1-11(2)8-9(15)7-10(11)14-16-12(3,4)13(5,6)17-14/h10H,7-8H2,1-6H3/t10-/m0/s1. The second kappa shape index (κ2) is 3.58. The van der Waals surface area contributed by atoms with Gasteiger partial charge in [-0.1, -0.05) is 13.8 Å². The molecule has 17 heavy (non-hydrogen) atoms. The molecule has 4 heteroatoms. The zero-order valence-electron chi connectivity index (χ0n) is 11.8. The van der Waals surface area contributed by atoms with Gasteiger partial charge in [-0.05, 0) is 33.1 Å². The predicted molar refractivity (Wildman–Crippen MR) is 67.9 cm³/mol. The molecule has 3 nitrogen and oxygen atoms in total. The highest BCUT2D eigenvalue weighted by Gasteiger charge is 2.58. The van der Waals surface area contributed by atoms with Crippen molar-refractivity contribution in [1.29, 1.82) is 0 Å². The maximum atomic E-state index is 11.6. The zero-order chi connectivity index (χ0) is 13.1. The molecule has 0 amide bonds. The molecule has 1 aliphatic heterocycles. The van der Waals surface area contributed by atoms with Crippen LogP contribution in [-0.2, 0) is 14.1 Å². The van der Waals surface area contributed by atoms with E-state index in [9.17, 15) is 4.79 Å². The minimum Gasteiger partial charge on any atom is -0.403 e. The molecule has 1 saturated heterocycles. The summed E-state index contributed by atoms with van der Waals surface area (Å²) in [5.74, 6) is 0.505. The molecule has 0 aromatic heterocycles. The highest BCUT2D eigenvalue weighted by atomic mass is 16.7. The lowest BCUT2D eigenvalue weighted by molar-refractivity contribution is -0.117. The Morgan fingerprint density at radius 1 is 1.06 bits per heavy atom. The number of Topliss-reactive ketones (excluding diaryl/α,β-unsaturated/α-hetero) is 1. The molecule has 2 rings (SSSR count). The van der Waals surface area contributed by atoms with Gasteiger partial charge in [-0.25, -0.2) is 0 Å². The maximum Gasteiger partial charge on any atom is 0.462 e. The van der Waals surface area contributed by atoms with Gasteiger partial charge >= 0.3 is 7.12 Å². The van der Waals surface area contributed by atoms with Gasteiger partial charge in [0.05, 0.1) is 11.2 Å². The lowest BCUT2D eigenvalue weighted by Gasteiger charge is -2.32. The summed E-state index contributed by atoms with van der Waals surface area (Å²) in [5.41, 5.74) is -0.628. The van der Waals surface area contributed by atoms with E-state index in [0.29, 0.717) is 18.6 Å². The Morgan fingerprint density at radius 2 is 1.53 bits per heavy atom. The van der Waals surface area contributed by atoms with Crippen LogP contribution in [0.5, 0.6) is 0 Å². The molecular formula is C13H23BO3. The summed E-state index contributed by atoms with van der Waals surface area (Å²) in [5, 5.41) is 0. The van der Waals surface area contributed by atoms with E-state index in [-0.39, 0.29) is 29.6 Å². The van der Waals surface area contributed by atoms with Crippen LogP contribution in [0.4, 0.5) is 0 Å². The van der Waals surface area contributed by atoms with Crippen LogP contribution < -0.4 is 0 Å². The quantitative estimate of drug-likeness (QED) is 0.659. The molecule has 2 aliphatic rings. The van der Waals surface area contributed by atoms with E-state index in [1.807, 2.05) is 0 Å². The van der Waals surface area contributed by atoms with Gasteiger partial charge in [-0.2, -0.15) is 0 Å². The predicted octanol–water partition coefficient (Wildman–Crippen LogP) is 2.84. The minimum absolute atomic E-state index is 0.0156. The third kappa shape index (κ3) is 2.06. The lowest BCUT2D eigenvalue weighted by Crippen LogP contribution is -2.41. The highest BCUT2D eigenvalue weighted by molar-refractivity contribution is 6.48. The molecule has 0 aromatic rings. The van der Waals surface area contributed by atoms with Gasteiger partial charge in [-0.3, -0.25) is 4.79 Å². The Morgan fingerprint density at radius 3 is 1.88 bits per heavy atom. The first kappa shape index (κ1) is 13.1. The third-order valence-electron chi connectivity index (χ3n) is 4.70. The Hall–Kier alpha value is -0.345. The second-order valence-corrected chi connectivity index (χ2v) is 7.14. The molecular weight excluding hydrogens is 215 g/mol. The summed E-state index contributed by atoms with van der Waals surface area (Å²) in [6, 6.07) is 0. The Kier molecular flexibility index (Phi) is 2.76. The molecule has 96 valence electrons. The molecule has 2 fully saturated rings. The summed E-state index contributed by atoms with van der Waals surface area (Å²) in [6.45, 7) is 12.5. The van der Waals surface area contributed by atoms with Crippen LogP contribution in [0.3, 0.4) is 0 Å². The van der Waals surface area contributed by atoms with Crippen LogP contribution in [0.2, 0.25) is 5.82 Å². The summed E-state index contributed by atoms with van der Waals surface area (Å²) < 4.78 is 12.1. The first-order chi connectivity index (χ1) is 7.55. The van der Waals surface area contributed by atoms with E-state index in [4.69, 9.17) is 9.31 Å². The Balaban J connectivity index is 2.19. The van der Waals surface area contributed by atoms with E-state index in [1.165, 1.54) is 0 Å². The fourth-order valence-electron chi connectivity index (χ4n) is 2.75. The van der Waals surface area contributed by atoms with Crippen molar-refractivity contribution in [2.24, 2.45) is 5.41 Å². The van der Waals surface area contributed by atoms with Gasteiger partial charge in [0.15, 0.2) is 0 Å². The van der Waals surface area contributed by atoms with E-state index in [2.05, 4.69) is 41.5 Å². The van der Waals surface area contributed by atoms with Crippen LogP contribution in [-0.4, -0.2) is 24.1 Å². The summed E-state index contributed by atoms with van der Waals surface area (Å²) in [6.07, 6.45) is 1.23. The molecule has 0 N–H and O–H groups in total. The fraction of sp³-hybridized carbons (Fsp3) is 0.923. The van der Waals surface area contributed by atoms with E-state index >= 15 is 0 Å². The van der Waals surface area contributed by atoms with Crippen LogP contribution in [0.1, 0.15) is 54.4 Å². The Labute approximate surface area is 104 Å². The first-order valence-electron chi connectivity index (χ1n) is 6.42. The number of ketones is 1. The SMILES string of the molecule is CC1(C)CC(=O)C[C@@H]1B1OC(C)(C)C(C)(C)O1. The number of carbonyl (C=O) groups excluding carboxylic acids is 1. The molecule has 0 radical (unpaired) electrons. The average molecular weight is 238 g/mol. The average Bonchev–Trinajstić information content (AvgIpc) is 2.46. The smallest absolute Gasteiger partial charge is 0.403 e. The molecule has 1 aliphatic carbocycles. The van der Waals surface area contributed by atoms with Gasteiger partial charge in [0.2, 0.25) is 0 Å². The van der Waals surface area contributed by atoms with Gasteiger partial charge in [0, 0.05) is 18.7 Å². The number of hydrogen-bond donors (Lipinski definition) is 0. The van der Waals surface area contributed by atoms with Crippen molar-refractivity contribution in [3.63, 3.8) is 0 Å². The van der Waals surface area contributed by atoms with Gasteiger partial charge in [0.25, 0.3) is 0 Å². The summed E-state index contributed by atoms with van der Waals surface area (Å²) in [4.78, 5) is 11.6. The monoisotopic (exact) mass is 238 g/mol.